The largest absolute Gasteiger partial charge is 0.386 e. The van der Waals surface area contributed by atoms with Crippen LogP contribution in [0.3, 0.4) is 0 Å². The fraction of sp³-hybridized carbons (Fsp3) is 0.818. The molecule has 13 heavy (non-hydrogen) atoms. The Morgan fingerprint density at radius 3 is 2.38 bits per heavy atom. The molecule has 0 fully saturated rings. The van der Waals surface area contributed by atoms with Crippen LogP contribution in [0.2, 0.25) is 0 Å². The number of nitrogens with one attached hydrogen (secondary N) is 1. The first kappa shape index (κ1) is 12.7. The Morgan fingerprint density at radius 1 is 1.46 bits per heavy atom. The van der Waals surface area contributed by atoms with E-state index in [0.29, 0.717) is 6.04 Å². The van der Waals surface area contributed by atoms with Crippen molar-refractivity contribution in [1.29, 1.82) is 0 Å². The minimum atomic E-state index is -0.666. The van der Waals surface area contributed by atoms with Gasteiger partial charge in [-0.3, -0.25) is 0 Å². The van der Waals surface area contributed by atoms with Gasteiger partial charge in [0.05, 0.1) is 5.60 Å². The molecule has 0 aliphatic heterocycles. The second-order valence-corrected chi connectivity index (χ2v) is 4.44. The molecule has 1 unspecified atom stereocenters. The van der Waals surface area contributed by atoms with Crippen LogP contribution in [0.15, 0.2) is 11.6 Å². The van der Waals surface area contributed by atoms with Gasteiger partial charge >= 0.3 is 0 Å². The number of aliphatic hydroxyl groups is 1. The van der Waals surface area contributed by atoms with E-state index in [4.69, 9.17) is 0 Å². The first-order valence-electron chi connectivity index (χ1n) is 4.95. The molecular formula is C11H23NO. The molecule has 0 aliphatic rings. The van der Waals surface area contributed by atoms with Crippen molar-refractivity contribution < 1.29 is 5.11 Å². The molecule has 0 saturated heterocycles. The minimum Gasteiger partial charge on any atom is -0.386 e. The van der Waals surface area contributed by atoms with E-state index in [1.807, 2.05) is 26.8 Å². The molecule has 0 amide bonds. The van der Waals surface area contributed by atoms with Crippen LogP contribution in [0.4, 0.5) is 0 Å². The molecule has 2 heteroatoms. The first-order valence-corrected chi connectivity index (χ1v) is 4.95. The third-order valence-electron chi connectivity index (χ3n) is 1.78. The van der Waals surface area contributed by atoms with Crippen molar-refractivity contribution in [2.75, 3.05) is 6.54 Å². The molecule has 0 heterocycles. The van der Waals surface area contributed by atoms with E-state index in [1.54, 1.807) is 0 Å². The molecule has 0 bridgehead atoms. The Kier molecular flexibility index (Phi) is 5.26. The van der Waals surface area contributed by atoms with Crippen LogP contribution in [-0.4, -0.2) is 23.3 Å². The summed E-state index contributed by atoms with van der Waals surface area (Å²) in [6.07, 6.45) is 2.67. The molecule has 0 rings (SSSR count). The summed E-state index contributed by atoms with van der Waals surface area (Å²) in [6.45, 7) is 10.9. The van der Waals surface area contributed by atoms with Crippen LogP contribution in [0.25, 0.3) is 0 Å². The van der Waals surface area contributed by atoms with Crippen LogP contribution in [-0.2, 0) is 0 Å². The summed E-state index contributed by atoms with van der Waals surface area (Å²) < 4.78 is 0. The number of allylic oxidation sites excluding steroid dienone is 1. The predicted molar refractivity (Wildman–Crippen MR) is 57.8 cm³/mol. The predicted octanol–water partition coefficient (Wildman–Crippen LogP) is 2.09. The number of rotatable bonds is 5. The van der Waals surface area contributed by atoms with E-state index in [-0.39, 0.29) is 0 Å². The SMILES string of the molecule is CC(C)=CC(C)(O)CCNC(C)C. The van der Waals surface area contributed by atoms with Crippen molar-refractivity contribution >= 4 is 0 Å². The fourth-order valence-corrected chi connectivity index (χ4v) is 1.31. The average Bonchev–Trinajstić information content (AvgIpc) is 1.81. The Labute approximate surface area is 82.0 Å². The summed E-state index contributed by atoms with van der Waals surface area (Å²) in [5, 5.41) is 13.2. The second kappa shape index (κ2) is 5.40. The fourth-order valence-electron chi connectivity index (χ4n) is 1.31. The van der Waals surface area contributed by atoms with Gasteiger partial charge in [-0.15, -0.1) is 0 Å². The second-order valence-electron chi connectivity index (χ2n) is 4.44. The van der Waals surface area contributed by atoms with E-state index in [9.17, 15) is 5.11 Å². The molecule has 0 aromatic rings. The van der Waals surface area contributed by atoms with Crippen LogP contribution in [0.5, 0.6) is 0 Å². The maximum Gasteiger partial charge on any atom is 0.0814 e. The van der Waals surface area contributed by atoms with Crippen molar-refractivity contribution in [2.24, 2.45) is 0 Å². The normalized spacial score (nSPS) is 15.6. The van der Waals surface area contributed by atoms with Crippen molar-refractivity contribution in [3.63, 3.8) is 0 Å². The molecule has 0 spiro atoms. The first-order chi connectivity index (χ1) is 5.83. The molecule has 0 aromatic heterocycles. The Bertz CT molecular complexity index is 167. The van der Waals surface area contributed by atoms with Gasteiger partial charge in [0.2, 0.25) is 0 Å². The highest BCUT2D eigenvalue weighted by Gasteiger charge is 2.15. The highest BCUT2D eigenvalue weighted by atomic mass is 16.3. The molecule has 0 radical (unpaired) electrons. The lowest BCUT2D eigenvalue weighted by atomic mass is 9.99. The van der Waals surface area contributed by atoms with Crippen LogP contribution in [0.1, 0.15) is 41.0 Å². The standard InChI is InChI=1S/C11H23NO/c1-9(2)8-11(5,13)6-7-12-10(3)4/h8,10,12-13H,6-7H2,1-5H3. The number of hydrogen-bond donors (Lipinski definition) is 2. The molecule has 0 saturated carbocycles. The molecule has 1 atom stereocenters. The van der Waals surface area contributed by atoms with Gasteiger partial charge in [-0.05, 0) is 33.7 Å². The summed E-state index contributed by atoms with van der Waals surface area (Å²) in [5.41, 5.74) is 0.496. The zero-order valence-electron chi connectivity index (χ0n) is 9.52. The quantitative estimate of drug-likeness (QED) is 0.643. The van der Waals surface area contributed by atoms with Crippen LogP contribution < -0.4 is 5.32 Å². The highest BCUT2D eigenvalue weighted by molar-refractivity contribution is 5.04. The third kappa shape index (κ3) is 8.00. The van der Waals surface area contributed by atoms with Gasteiger partial charge in [0.15, 0.2) is 0 Å². The van der Waals surface area contributed by atoms with E-state index in [1.165, 1.54) is 0 Å². The molecule has 78 valence electrons. The summed E-state index contributed by atoms with van der Waals surface area (Å²) in [7, 11) is 0. The van der Waals surface area contributed by atoms with Gasteiger partial charge in [-0.2, -0.15) is 0 Å². The van der Waals surface area contributed by atoms with E-state index in [2.05, 4.69) is 19.2 Å². The summed E-state index contributed by atoms with van der Waals surface area (Å²) >= 11 is 0. The zero-order chi connectivity index (χ0) is 10.5. The Balaban J connectivity index is 3.83. The van der Waals surface area contributed by atoms with E-state index >= 15 is 0 Å². The van der Waals surface area contributed by atoms with E-state index in [0.717, 1.165) is 18.5 Å². The number of hydrogen-bond acceptors (Lipinski definition) is 2. The smallest absolute Gasteiger partial charge is 0.0814 e. The third-order valence-corrected chi connectivity index (χ3v) is 1.78. The Morgan fingerprint density at radius 2 is 2.00 bits per heavy atom. The van der Waals surface area contributed by atoms with Gasteiger partial charge in [0.25, 0.3) is 0 Å². The Hall–Kier alpha value is -0.340. The lowest BCUT2D eigenvalue weighted by molar-refractivity contribution is 0.100. The van der Waals surface area contributed by atoms with Gasteiger partial charge in [0, 0.05) is 6.04 Å². The van der Waals surface area contributed by atoms with Gasteiger partial charge < -0.3 is 10.4 Å². The molecule has 2 N–H and O–H groups in total. The lowest BCUT2D eigenvalue weighted by Gasteiger charge is -2.20. The molecule has 0 aliphatic carbocycles. The van der Waals surface area contributed by atoms with Gasteiger partial charge in [-0.1, -0.05) is 25.5 Å². The van der Waals surface area contributed by atoms with Crippen molar-refractivity contribution in [1.82, 2.24) is 5.32 Å². The van der Waals surface area contributed by atoms with Gasteiger partial charge in [-0.25, -0.2) is 0 Å². The monoisotopic (exact) mass is 185 g/mol. The highest BCUT2D eigenvalue weighted by Crippen LogP contribution is 2.12. The molecular weight excluding hydrogens is 162 g/mol. The zero-order valence-corrected chi connectivity index (χ0v) is 9.52. The molecule has 2 nitrogen and oxygen atoms in total. The summed E-state index contributed by atoms with van der Waals surface area (Å²) in [5.74, 6) is 0. The average molecular weight is 185 g/mol. The summed E-state index contributed by atoms with van der Waals surface area (Å²) in [4.78, 5) is 0. The molecule has 0 aromatic carbocycles. The topological polar surface area (TPSA) is 32.3 Å². The van der Waals surface area contributed by atoms with E-state index < -0.39 is 5.60 Å². The maximum absolute atomic E-state index is 9.88. The van der Waals surface area contributed by atoms with Crippen molar-refractivity contribution in [3.05, 3.63) is 11.6 Å². The maximum atomic E-state index is 9.88. The van der Waals surface area contributed by atoms with Crippen LogP contribution in [0, 0.1) is 0 Å². The summed E-state index contributed by atoms with van der Waals surface area (Å²) in [6, 6.07) is 0.488. The lowest BCUT2D eigenvalue weighted by Crippen LogP contribution is -2.31. The van der Waals surface area contributed by atoms with Crippen LogP contribution >= 0.6 is 0 Å². The van der Waals surface area contributed by atoms with Crippen molar-refractivity contribution in [3.8, 4) is 0 Å². The minimum absolute atomic E-state index is 0.488. The van der Waals surface area contributed by atoms with Crippen molar-refractivity contribution in [2.45, 2.75) is 52.7 Å². The van der Waals surface area contributed by atoms with Gasteiger partial charge in [0.1, 0.15) is 0 Å².